The van der Waals surface area contributed by atoms with Gasteiger partial charge in [0.2, 0.25) is 0 Å². The van der Waals surface area contributed by atoms with Gasteiger partial charge in [-0.15, -0.1) is 11.3 Å². The maximum absolute atomic E-state index is 9.48. The average molecular weight is 216 g/mol. The summed E-state index contributed by atoms with van der Waals surface area (Å²) < 4.78 is 0. The van der Waals surface area contributed by atoms with Crippen LogP contribution in [-0.4, -0.2) is 29.0 Å². The predicted molar refractivity (Wildman–Crippen MR) is 58.1 cm³/mol. The minimum atomic E-state index is -1.06. The van der Waals surface area contributed by atoms with Crippen molar-refractivity contribution in [3.05, 3.63) is 16.3 Å². The molecule has 0 aliphatic rings. The van der Waals surface area contributed by atoms with Gasteiger partial charge in [-0.2, -0.15) is 0 Å². The van der Waals surface area contributed by atoms with E-state index >= 15 is 0 Å². The van der Waals surface area contributed by atoms with E-state index in [1.165, 1.54) is 0 Å². The summed E-state index contributed by atoms with van der Waals surface area (Å²) in [5, 5.41) is 23.2. The molecule has 1 heterocycles. The molecule has 5 heteroatoms. The van der Waals surface area contributed by atoms with Crippen molar-refractivity contribution < 1.29 is 10.2 Å². The Morgan fingerprint density at radius 1 is 1.64 bits per heavy atom. The number of hydrogen-bond donors (Lipinski definition) is 4. The van der Waals surface area contributed by atoms with Crippen LogP contribution in [0, 0.1) is 0 Å². The van der Waals surface area contributed by atoms with Crippen LogP contribution in [0.15, 0.2) is 11.4 Å². The molecule has 1 rings (SSSR count). The van der Waals surface area contributed by atoms with E-state index in [1.807, 2.05) is 11.4 Å². The van der Waals surface area contributed by atoms with E-state index in [-0.39, 0.29) is 6.61 Å². The summed E-state index contributed by atoms with van der Waals surface area (Å²) in [4.78, 5) is 1.05. The normalized spacial score (nSPS) is 15.4. The standard InChI is InChI=1S/C9H16N2O2S/c1-9(13,6-12)5-11-4-8-7(10)2-3-14-8/h2-3,11-13H,4-6,10H2,1H3. The van der Waals surface area contributed by atoms with Gasteiger partial charge in [0.1, 0.15) is 0 Å². The molecular formula is C9H16N2O2S. The molecule has 80 valence electrons. The molecule has 0 bridgehead atoms. The fraction of sp³-hybridized carbons (Fsp3) is 0.556. The number of rotatable bonds is 5. The number of hydrogen-bond acceptors (Lipinski definition) is 5. The van der Waals surface area contributed by atoms with Gasteiger partial charge in [-0.05, 0) is 18.4 Å². The Hall–Kier alpha value is -0.620. The Bertz CT molecular complexity index is 286. The lowest BCUT2D eigenvalue weighted by Crippen LogP contribution is -2.40. The number of anilines is 1. The first-order valence-corrected chi connectivity index (χ1v) is 5.29. The lowest BCUT2D eigenvalue weighted by atomic mass is 10.1. The van der Waals surface area contributed by atoms with Crippen LogP contribution in [0.2, 0.25) is 0 Å². The molecule has 4 nitrogen and oxygen atoms in total. The van der Waals surface area contributed by atoms with Gasteiger partial charge in [-0.25, -0.2) is 0 Å². The monoisotopic (exact) mass is 216 g/mol. The Balaban J connectivity index is 2.32. The number of nitrogens with one attached hydrogen (secondary N) is 1. The Morgan fingerprint density at radius 3 is 2.86 bits per heavy atom. The third-order valence-corrected chi connectivity index (χ3v) is 2.85. The van der Waals surface area contributed by atoms with Gasteiger partial charge in [0.05, 0.1) is 12.2 Å². The fourth-order valence-corrected chi connectivity index (χ4v) is 1.76. The molecule has 0 aliphatic heterocycles. The number of nitrogen functional groups attached to an aromatic ring is 1. The summed E-state index contributed by atoms with van der Waals surface area (Å²) in [6.07, 6.45) is 0. The summed E-state index contributed by atoms with van der Waals surface area (Å²) in [5.74, 6) is 0. The number of aliphatic hydroxyl groups is 2. The largest absolute Gasteiger partial charge is 0.398 e. The van der Waals surface area contributed by atoms with Crippen LogP contribution in [0.25, 0.3) is 0 Å². The highest BCUT2D eigenvalue weighted by molar-refractivity contribution is 7.10. The van der Waals surface area contributed by atoms with Crippen LogP contribution < -0.4 is 11.1 Å². The van der Waals surface area contributed by atoms with Gasteiger partial charge in [0.25, 0.3) is 0 Å². The van der Waals surface area contributed by atoms with Crippen molar-refractivity contribution in [3.8, 4) is 0 Å². The van der Waals surface area contributed by atoms with Crippen LogP contribution in [0.3, 0.4) is 0 Å². The molecule has 0 radical (unpaired) electrons. The van der Waals surface area contributed by atoms with Crippen LogP contribution in [-0.2, 0) is 6.54 Å². The number of thiophene rings is 1. The van der Waals surface area contributed by atoms with E-state index in [1.54, 1.807) is 18.3 Å². The highest BCUT2D eigenvalue weighted by Crippen LogP contribution is 2.18. The van der Waals surface area contributed by atoms with Crippen LogP contribution >= 0.6 is 11.3 Å². The molecular weight excluding hydrogens is 200 g/mol. The van der Waals surface area contributed by atoms with Crippen LogP contribution in [0.5, 0.6) is 0 Å². The van der Waals surface area contributed by atoms with E-state index in [0.717, 1.165) is 10.6 Å². The highest BCUT2D eigenvalue weighted by atomic mass is 32.1. The third-order valence-electron chi connectivity index (χ3n) is 1.91. The van der Waals surface area contributed by atoms with Crippen molar-refractivity contribution in [2.24, 2.45) is 0 Å². The van der Waals surface area contributed by atoms with Crippen molar-refractivity contribution in [2.45, 2.75) is 19.1 Å². The lowest BCUT2D eigenvalue weighted by Gasteiger charge is -2.20. The summed E-state index contributed by atoms with van der Waals surface area (Å²) in [5.41, 5.74) is 5.39. The van der Waals surface area contributed by atoms with Gasteiger partial charge in [-0.3, -0.25) is 0 Å². The Labute approximate surface area is 87.4 Å². The van der Waals surface area contributed by atoms with E-state index in [0.29, 0.717) is 13.1 Å². The molecule has 1 aromatic heterocycles. The molecule has 0 spiro atoms. The zero-order valence-electron chi connectivity index (χ0n) is 8.16. The maximum Gasteiger partial charge on any atom is 0.0972 e. The number of nitrogens with two attached hydrogens (primary N) is 1. The zero-order valence-corrected chi connectivity index (χ0v) is 8.97. The van der Waals surface area contributed by atoms with Gasteiger partial charge in [0, 0.05) is 23.7 Å². The molecule has 14 heavy (non-hydrogen) atoms. The second-order valence-electron chi connectivity index (χ2n) is 3.56. The van der Waals surface area contributed by atoms with Gasteiger partial charge < -0.3 is 21.3 Å². The third kappa shape index (κ3) is 3.26. The molecule has 0 aromatic carbocycles. The predicted octanol–water partition coefficient (Wildman–Crippen LogP) is 0.163. The topological polar surface area (TPSA) is 78.5 Å². The smallest absolute Gasteiger partial charge is 0.0972 e. The first kappa shape index (κ1) is 11.5. The quantitative estimate of drug-likeness (QED) is 0.565. The zero-order chi connectivity index (χ0) is 10.6. The van der Waals surface area contributed by atoms with E-state index < -0.39 is 5.60 Å². The molecule has 0 aliphatic carbocycles. The summed E-state index contributed by atoms with van der Waals surface area (Å²) in [6, 6.07) is 1.85. The van der Waals surface area contributed by atoms with Crippen molar-refractivity contribution in [1.82, 2.24) is 5.32 Å². The molecule has 0 saturated heterocycles. The van der Waals surface area contributed by atoms with Crippen LogP contribution in [0.4, 0.5) is 5.69 Å². The lowest BCUT2D eigenvalue weighted by molar-refractivity contribution is 0.00259. The Kier molecular flexibility index (Phi) is 3.88. The second kappa shape index (κ2) is 4.75. The fourth-order valence-electron chi connectivity index (χ4n) is 0.995. The van der Waals surface area contributed by atoms with Crippen LogP contribution in [0.1, 0.15) is 11.8 Å². The highest BCUT2D eigenvalue weighted by Gasteiger charge is 2.17. The van der Waals surface area contributed by atoms with Crippen molar-refractivity contribution in [3.63, 3.8) is 0 Å². The number of aliphatic hydroxyl groups excluding tert-OH is 1. The molecule has 5 N–H and O–H groups in total. The first-order chi connectivity index (χ1) is 6.55. The SMILES string of the molecule is CC(O)(CO)CNCc1sccc1N. The van der Waals surface area contributed by atoms with E-state index in [9.17, 15) is 5.11 Å². The summed E-state index contributed by atoms with van der Waals surface area (Å²) in [7, 11) is 0. The van der Waals surface area contributed by atoms with Gasteiger partial charge in [-0.1, -0.05) is 0 Å². The van der Waals surface area contributed by atoms with E-state index in [4.69, 9.17) is 10.8 Å². The molecule has 1 aromatic rings. The van der Waals surface area contributed by atoms with Crippen molar-refractivity contribution in [1.29, 1.82) is 0 Å². The Morgan fingerprint density at radius 2 is 2.36 bits per heavy atom. The van der Waals surface area contributed by atoms with Crippen molar-refractivity contribution in [2.75, 3.05) is 18.9 Å². The minimum Gasteiger partial charge on any atom is -0.398 e. The molecule has 0 saturated carbocycles. The first-order valence-electron chi connectivity index (χ1n) is 4.41. The van der Waals surface area contributed by atoms with E-state index in [2.05, 4.69) is 5.32 Å². The minimum absolute atomic E-state index is 0.250. The summed E-state index contributed by atoms with van der Waals surface area (Å²) in [6.45, 7) is 2.30. The summed E-state index contributed by atoms with van der Waals surface area (Å²) >= 11 is 1.58. The maximum atomic E-state index is 9.48. The molecule has 1 atom stereocenters. The molecule has 0 amide bonds. The average Bonchev–Trinajstić information content (AvgIpc) is 2.52. The van der Waals surface area contributed by atoms with Gasteiger partial charge in [0.15, 0.2) is 0 Å². The van der Waals surface area contributed by atoms with Gasteiger partial charge >= 0.3 is 0 Å². The molecule has 1 unspecified atom stereocenters. The molecule has 0 fully saturated rings. The van der Waals surface area contributed by atoms with Crippen molar-refractivity contribution >= 4 is 17.0 Å². The second-order valence-corrected chi connectivity index (χ2v) is 4.56.